The van der Waals surface area contributed by atoms with Gasteiger partial charge in [-0.25, -0.2) is 54.0 Å². The van der Waals surface area contributed by atoms with E-state index in [9.17, 15) is 43.9 Å². The van der Waals surface area contributed by atoms with Gasteiger partial charge in [0.15, 0.2) is 46.9 Å². The smallest absolute Gasteiger partial charge is 0.394 e. The van der Waals surface area contributed by atoms with E-state index < -0.39 is 108 Å². The zero-order chi connectivity index (χ0) is 56.0. The summed E-state index contributed by atoms with van der Waals surface area (Å²) < 4.78 is 66.9. The number of carbonyl (C=O) groups excluding carboxylic acids is 1. The van der Waals surface area contributed by atoms with Crippen molar-refractivity contribution in [2.45, 2.75) is 171 Å². The molecule has 3 aliphatic heterocycles. The van der Waals surface area contributed by atoms with Crippen molar-refractivity contribution in [1.29, 1.82) is 0 Å². The highest BCUT2D eigenvalue weighted by Crippen LogP contribution is 2.53. The van der Waals surface area contributed by atoms with Gasteiger partial charge in [0.25, 0.3) is 0 Å². The molecule has 13 unspecified atom stereocenters. The Morgan fingerprint density at radius 2 is 1.18 bits per heavy atom. The summed E-state index contributed by atoms with van der Waals surface area (Å²) in [6.45, 7) is 0.739. The Bertz CT molecular complexity index is 3110. The van der Waals surface area contributed by atoms with Crippen LogP contribution in [0.5, 0.6) is 0 Å². The molecule has 0 spiro atoms. The van der Waals surface area contributed by atoms with Crippen LogP contribution in [0.25, 0.3) is 33.5 Å². The monoisotopic (exact) mass is 1150 g/mol. The van der Waals surface area contributed by atoms with E-state index in [1.807, 2.05) is 0 Å². The topological polar surface area (TPSA) is 449 Å². The van der Waals surface area contributed by atoms with E-state index in [0.717, 1.165) is 44.8 Å². The first kappa shape index (κ1) is 58.2. The molecule has 3 saturated heterocycles. The molecule has 3 fully saturated rings. The molecule has 0 aliphatic carbocycles. The number of anilines is 3. The fraction of sp³-hybridized carbons (Fsp3) is 0.652. The van der Waals surface area contributed by atoms with Crippen LogP contribution < -0.4 is 22.5 Å². The molecular formula is C46H68N16O15P2. The van der Waals surface area contributed by atoms with Crippen LogP contribution in [0, 0.1) is 5.92 Å². The zero-order valence-corrected chi connectivity index (χ0v) is 45.1. The van der Waals surface area contributed by atoms with E-state index in [4.69, 9.17) is 45.0 Å². The molecule has 0 saturated carbocycles. The minimum Gasteiger partial charge on any atom is -0.394 e. The average molecular weight is 1150 g/mol. The van der Waals surface area contributed by atoms with Crippen molar-refractivity contribution in [3.8, 4) is 0 Å². The van der Waals surface area contributed by atoms with Gasteiger partial charge in [0.2, 0.25) is 5.91 Å². The lowest BCUT2D eigenvalue weighted by molar-refractivity contribution is -0.124. The summed E-state index contributed by atoms with van der Waals surface area (Å²) in [4.78, 5) is 84.2. The van der Waals surface area contributed by atoms with Gasteiger partial charge >= 0.3 is 15.6 Å². The van der Waals surface area contributed by atoms with Crippen LogP contribution in [0.15, 0.2) is 38.0 Å². The molecule has 0 radical (unpaired) electrons. The predicted molar refractivity (Wildman–Crippen MR) is 278 cm³/mol. The van der Waals surface area contributed by atoms with Gasteiger partial charge < -0.3 is 66.7 Å². The number of aliphatic hydroxyl groups excluding tert-OH is 3. The van der Waals surface area contributed by atoms with Gasteiger partial charge in [0.1, 0.15) is 78.4 Å². The second kappa shape index (κ2) is 25.5. The molecule has 0 bridgehead atoms. The third-order valence-corrected chi connectivity index (χ3v) is 16.0. The largest absolute Gasteiger partial charge is 0.472 e. The molecule has 3 aliphatic rings. The minimum absolute atomic E-state index is 0.0133. The van der Waals surface area contributed by atoms with Gasteiger partial charge in [0, 0.05) is 12.3 Å². The highest BCUT2D eigenvalue weighted by molar-refractivity contribution is 7.47. The van der Waals surface area contributed by atoms with Crippen molar-refractivity contribution in [3.63, 3.8) is 0 Å². The van der Waals surface area contributed by atoms with E-state index in [1.165, 1.54) is 84.0 Å². The third kappa shape index (κ3) is 13.3. The molecule has 9 rings (SSSR count). The lowest BCUT2D eigenvalue weighted by Crippen LogP contribution is -2.53. The van der Waals surface area contributed by atoms with Gasteiger partial charge in [-0.15, -0.1) is 0 Å². The summed E-state index contributed by atoms with van der Waals surface area (Å²) in [5.41, 5.74) is 19.0. The van der Waals surface area contributed by atoms with Gasteiger partial charge in [-0.3, -0.25) is 32.1 Å². The number of carbonyl (C=O) groups is 1. The molecule has 13 N–H and O–H groups in total. The second-order valence-electron chi connectivity index (χ2n) is 20.0. The Labute approximate surface area is 451 Å². The average Bonchev–Trinajstić information content (AvgIpc) is 4.32. The molecule has 432 valence electrons. The fourth-order valence-corrected chi connectivity index (χ4v) is 12.2. The third-order valence-electron chi connectivity index (χ3n) is 14.5. The molecule has 1 amide bonds. The van der Waals surface area contributed by atoms with Gasteiger partial charge in [0.05, 0.1) is 44.3 Å². The number of nitrogens with one attached hydrogen (secondary N) is 1. The normalized spacial score (nSPS) is 26.6. The summed E-state index contributed by atoms with van der Waals surface area (Å²) in [6, 6.07) is -1.43. The van der Waals surface area contributed by atoms with Crippen LogP contribution in [0.2, 0.25) is 0 Å². The quantitative estimate of drug-likeness (QED) is 0.0249. The molecule has 9 heterocycles. The van der Waals surface area contributed by atoms with Crippen LogP contribution in [0.1, 0.15) is 122 Å². The van der Waals surface area contributed by atoms with Crippen LogP contribution >= 0.6 is 15.6 Å². The van der Waals surface area contributed by atoms with Crippen molar-refractivity contribution in [1.82, 2.24) is 63.9 Å². The van der Waals surface area contributed by atoms with Gasteiger partial charge in [-0.1, -0.05) is 84.0 Å². The van der Waals surface area contributed by atoms with Crippen LogP contribution in [0.4, 0.5) is 17.5 Å². The number of unbranched alkanes of at least 4 members (excludes halogenated alkanes) is 12. The molecule has 6 aromatic rings. The number of nitrogen functional groups attached to an aromatic ring is 3. The minimum atomic E-state index is -5.54. The molecule has 79 heavy (non-hydrogen) atoms. The van der Waals surface area contributed by atoms with Crippen molar-refractivity contribution in [3.05, 3.63) is 38.0 Å². The standard InChI is InChI=1S/C46H68N16O15P2/c1-2-3-4-5-6-7-8-9-10-11-12-13-14-15-28(64)59-29-34(66)45(61-23-57-31-39(48)51-20-54-42(31)61)75-36(29)35(76-78(67,68)69)26-16-25(73-44(26)60-22-56-30-38(47)50-19-53-41(30)60)18-72-79(70,71)77-37-33(65)27(17-63)74-46(37)62-24-58-32-40(49)52-21-55-43(32)62/h19-27,29,33-37,44-46,63,65-66H,2-18H2,1H3,(H,59,64)(H,70,71)(H2,47,50,53)(H2,48,51,54)(H2,49,52,55)(H2,67,68,69). The Kier molecular flexibility index (Phi) is 18.8. The Morgan fingerprint density at radius 3 is 1.68 bits per heavy atom. The molecule has 6 aromatic heterocycles. The highest BCUT2D eigenvalue weighted by Gasteiger charge is 2.57. The van der Waals surface area contributed by atoms with Crippen LogP contribution in [-0.2, 0) is 41.7 Å². The molecular weight excluding hydrogens is 1080 g/mol. The SMILES string of the molecule is CCCCCCCCCCCCCCCC(=O)NC1C(O)C(n2cnc3c(N)ncnc32)OC1C(OP(=O)(O)O)C1CC(COP(=O)(O)OC2C(O)C(CO)OC2n2cnc3c(N)ncnc32)OC1n1cnc2c(N)ncnc21. The number of hydrogen-bond donors (Lipinski definition) is 10. The Balaban J connectivity index is 0.962. The Morgan fingerprint density at radius 1 is 0.684 bits per heavy atom. The number of hydrogen-bond acceptors (Lipinski definition) is 24. The highest BCUT2D eigenvalue weighted by atomic mass is 31.2. The van der Waals surface area contributed by atoms with Crippen molar-refractivity contribution in [2.75, 3.05) is 30.4 Å². The maximum absolute atomic E-state index is 14.0. The van der Waals surface area contributed by atoms with Crippen LogP contribution in [0.3, 0.4) is 0 Å². The van der Waals surface area contributed by atoms with E-state index in [1.54, 1.807) is 0 Å². The zero-order valence-electron chi connectivity index (χ0n) is 43.3. The predicted octanol–water partition coefficient (Wildman–Crippen LogP) is 2.61. The summed E-state index contributed by atoms with van der Waals surface area (Å²) in [7, 11) is -10.8. The number of fused-ring (bicyclic) bond motifs is 3. The van der Waals surface area contributed by atoms with Crippen molar-refractivity contribution in [2.24, 2.45) is 5.92 Å². The number of rotatable bonds is 28. The van der Waals surface area contributed by atoms with E-state index in [0.29, 0.717) is 6.42 Å². The van der Waals surface area contributed by atoms with E-state index in [-0.39, 0.29) is 63.8 Å². The molecule has 0 aromatic carbocycles. The van der Waals surface area contributed by atoms with Gasteiger partial charge in [-0.05, 0) is 12.8 Å². The number of imidazole rings is 3. The molecule has 31 nitrogen and oxygen atoms in total. The van der Waals surface area contributed by atoms with E-state index in [2.05, 4.69) is 57.1 Å². The van der Waals surface area contributed by atoms with Gasteiger partial charge in [-0.2, -0.15) is 0 Å². The fourth-order valence-electron chi connectivity index (χ4n) is 10.7. The number of ether oxygens (including phenoxy) is 3. The van der Waals surface area contributed by atoms with Crippen molar-refractivity contribution >= 4 is 72.5 Å². The summed E-state index contributed by atoms with van der Waals surface area (Å²) >= 11 is 0. The summed E-state index contributed by atoms with van der Waals surface area (Å²) in [6.07, 6.45) is 6.10. The maximum Gasteiger partial charge on any atom is 0.472 e. The first-order valence-corrected chi connectivity index (χ1v) is 29.4. The number of aliphatic hydroxyl groups is 3. The second-order valence-corrected chi connectivity index (χ2v) is 22.6. The number of phosphoric ester groups is 2. The Hall–Kier alpha value is -5.50. The van der Waals surface area contributed by atoms with Crippen molar-refractivity contribution < 1.29 is 71.7 Å². The first-order valence-electron chi connectivity index (χ1n) is 26.4. The summed E-state index contributed by atoms with van der Waals surface area (Å²) in [5.74, 6) is -1.75. The van der Waals surface area contributed by atoms with E-state index >= 15 is 0 Å². The molecule has 33 heteroatoms. The van der Waals surface area contributed by atoms with Crippen LogP contribution in [-0.4, -0.2) is 156 Å². The number of amides is 1. The maximum atomic E-state index is 14.0. The summed E-state index contributed by atoms with van der Waals surface area (Å²) in [5, 5.41) is 36.4. The molecule has 13 atom stereocenters. The number of nitrogens with zero attached hydrogens (tertiary/aromatic N) is 12. The number of nitrogens with two attached hydrogens (primary N) is 3. The lowest BCUT2D eigenvalue weighted by atomic mass is 9.89. The lowest BCUT2D eigenvalue weighted by Gasteiger charge is -2.34. The number of phosphoric acid groups is 2. The first-order chi connectivity index (χ1) is 38.0. The number of aromatic nitrogens is 12.